The fraction of sp³-hybridized carbons (Fsp3) is 0.429. The number of hydrogen-bond acceptors (Lipinski definition) is 4. The highest BCUT2D eigenvalue weighted by molar-refractivity contribution is 5.90. The van der Waals surface area contributed by atoms with Gasteiger partial charge in [0.1, 0.15) is 5.82 Å². The number of carboxylic acids is 1. The summed E-state index contributed by atoms with van der Waals surface area (Å²) in [4.78, 5) is 22.2. The Morgan fingerprint density at radius 1 is 1.38 bits per heavy atom. The molecule has 1 aromatic rings. The molecule has 21 heavy (non-hydrogen) atoms. The molecular formula is C14H20FN3O3. The van der Waals surface area contributed by atoms with Crippen LogP contribution in [0.15, 0.2) is 12.1 Å². The lowest BCUT2D eigenvalue weighted by Gasteiger charge is -2.11. The molecule has 0 heterocycles. The van der Waals surface area contributed by atoms with Gasteiger partial charge in [0, 0.05) is 19.5 Å². The summed E-state index contributed by atoms with van der Waals surface area (Å²) in [6.45, 7) is 4.86. The van der Waals surface area contributed by atoms with Gasteiger partial charge in [0.25, 0.3) is 0 Å². The monoisotopic (exact) mass is 297 g/mol. The smallest absolute Gasteiger partial charge is 0.338 e. The average molecular weight is 297 g/mol. The van der Waals surface area contributed by atoms with Crippen LogP contribution in [0.5, 0.6) is 0 Å². The van der Waals surface area contributed by atoms with Crippen LogP contribution in [0.1, 0.15) is 30.6 Å². The van der Waals surface area contributed by atoms with Crippen molar-refractivity contribution in [1.29, 1.82) is 0 Å². The molecule has 0 aliphatic rings. The number of halogens is 1. The molecular weight excluding hydrogens is 277 g/mol. The van der Waals surface area contributed by atoms with E-state index in [0.29, 0.717) is 12.5 Å². The molecule has 0 saturated carbocycles. The van der Waals surface area contributed by atoms with Gasteiger partial charge in [-0.3, -0.25) is 4.79 Å². The van der Waals surface area contributed by atoms with Gasteiger partial charge in [-0.1, -0.05) is 13.8 Å². The zero-order valence-corrected chi connectivity index (χ0v) is 12.1. The van der Waals surface area contributed by atoms with Crippen molar-refractivity contribution in [2.45, 2.75) is 20.3 Å². The number of benzene rings is 1. The third-order valence-electron chi connectivity index (χ3n) is 2.74. The van der Waals surface area contributed by atoms with E-state index in [-0.39, 0.29) is 30.2 Å². The third-order valence-corrected chi connectivity index (χ3v) is 2.74. The molecule has 0 aromatic heterocycles. The van der Waals surface area contributed by atoms with Crippen LogP contribution in [0.2, 0.25) is 0 Å². The minimum absolute atomic E-state index is 0.114. The van der Waals surface area contributed by atoms with Gasteiger partial charge >= 0.3 is 5.97 Å². The summed E-state index contributed by atoms with van der Waals surface area (Å²) in [7, 11) is 0. The van der Waals surface area contributed by atoms with E-state index in [9.17, 15) is 14.0 Å². The van der Waals surface area contributed by atoms with Crippen molar-refractivity contribution in [3.05, 3.63) is 23.5 Å². The van der Waals surface area contributed by atoms with E-state index >= 15 is 0 Å². The zero-order chi connectivity index (χ0) is 16.0. The van der Waals surface area contributed by atoms with Crippen molar-refractivity contribution in [2.75, 3.05) is 24.1 Å². The molecule has 0 aliphatic heterocycles. The molecule has 0 atom stereocenters. The maximum atomic E-state index is 13.5. The van der Waals surface area contributed by atoms with Crippen molar-refractivity contribution in [3.8, 4) is 0 Å². The first-order chi connectivity index (χ1) is 9.81. The lowest BCUT2D eigenvalue weighted by molar-refractivity contribution is -0.120. The van der Waals surface area contributed by atoms with Crippen LogP contribution in [0, 0.1) is 11.7 Å². The van der Waals surface area contributed by atoms with Crippen LogP contribution in [0.4, 0.5) is 15.8 Å². The topological polar surface area (TPSA) is 104 Å². The minimum atomic E-state index is -1.38. The van der Waals surface area contributed by atoms with E-state index in [4.69, 9.17) is 10.8 Å². The van der Waals surface area contributed by atoms with Crippen molar-refractivity contribution < 1.29 is 19.1 Å². The van der Waals surface area contributed by atoms with Crippen molar-refractivity contribution in [2.24, 2.45) is 5.92 Å². The first-order valence-electron chi connectivity index (χ1n) is 6.64. The summed E-state index contributed by atoms with van der Waals surface area (Å²) in [5.41, 5.74) is 5.57. The molecule has 1 rings (SSSR count). The van der Waals surface area contributed by atoms with Crippen LogP contribution in [-0.2, 0) is 4.79 Å². The average Bonchev–Trinajstić information content (AvgIpc) is 2.39. The van der Waals surface area contributed by atoms with Crippen molar-refractivity contribution >= 4 is 23.3 Å². The number of aromatic carboxylic acids is 1. The van der Waals surface area contributed by atoms with Gasteiger partial charge in [0.15, 0.2) is 0 Å². The normalized spacial score (nSPS) is 10.5. The first kappa shape index (κ1) is 16.7. The Morgan fingerprint density at radius 3 is 2.62 bits per heavy atom. The quantitative estimate of drug-likeness (QED) is 0.573. The highest BCUT2D eigenvalue weighted by Crippen LogP contribution is 2.23. The second kappa shape index (κ2) is 7.47. The largest absolute Gasteiger partial charge is 0.478 e. The number of amides is 1. The highest BCUT2D eigenvalue weighted by atomic mass is 19.1. The summed E-state index contributed by atoms with van der Waals surface area (Å²) in [6.07, 6.45) is 0.217. The molecule has 0 radical (unpaired) electrons. The van der Waals surface area contributed by atoms with E-state index in [1.807, 2.05) is 13.8 Å². The SMILES string of the molecule is CC(C)CNC(=O)CCNc1cc(F)c(C(=O)O)cc1N. The Balaban J connectivity index is 2.55. The Labute approximate surface area is 122 Å². The summed E-state index contributed by atoms with van der Waals surface area (Å²) < 4.78 is 13.5. The molecule has 6 nitrogen and oxygen atoms in total. The minimum Gasteiger partial charge on any atom is -0.478 e. The number of rotatable bonds is 7. The maximum Gasteiger partial charge on any atom is 0.338 e. The second-order valence-corrected chi connectivity index (χ2v) is 5.10. The van der Waals surface area contributed by atoms with E-state index in [1.54, 1.807) is 0 Å². The van der Waals surface area contributed by atoms with Gasteiger partial charge in [0.05, 0.1) is 16.9 Å². The van der Waals surface area contributed by atoms with E-state index in [1.165, 1.54) is 0 Å². The molecule has 5 N–H and O–H groups in total. The van der Waals surface area contributed by atoms with E-state index in [0.717, 1.165) is 12.1 Å². The number of carbonyl (C=O) groups excluding carboxylic acids is 1. The predicted molar refractivity (Wildman–Crippen MR) is 78.7 cm³/mol. The molecule has 116 valence electrons. The molecule has 1 aromatic carbocycles. The number of nitrogens with one attached hydrogen (secondary N) is 2. The predicted octanol–water partition coefficient (Wildman–Crippen LogP) is 1.68. The van der Waals surface area contributed by atoms with Gasteiger partial charge in [-0.05, 0) is 18.1 Å². The summed E-state index contributed by atoms with van der Waals surface area (Å²) in [6, 6.07) is 2.07. The molecule has 1 amide bonds. The Bertz CT molecular complexity index is 532. The lowest BCUT2D eigenvalue weighted by Crippen LogP contribution is -2.28. The van der Waals surface area contributed by atoms with Gasteiger partial charge in [-0.2, -0.15) is 0 Å². The van der Waals surface area contributed by atoms with Crippen LogP contribution >= 0.6 is 0 Å². The molecule has 0 unspecified atom stereocenters. The van der Waals surface area contributed by atoms with Crippen molar-refractivity contribution in [3.63, 3.8) is 0 Å². The number of nitrogen functional groups attached to an aromatic ring is 1. The Morgan fingerprint density at radius 2 is 2.05 bits per heavy atom. The fourth-order valence-electron chi connectivity index (χ4n) is 1.62. The molecule has 7 heteroatoms. The highest BCUT2D eigenvalue weighted by Gasteiger charge is 2.13. The first-order valence-corrected chi connectivity index (χ1v) is 6.64. The Hall–Kier alpha value is -2.31. The number of carbonyl (C=O) groups is 2. The molecule has 0 spiro atoms. The number of nitrogens with two attached hydrogens (primary N) is 1. The second-order valence-electron chi connectivity index (χ2n) is 5.10. The van der Waals surface area contributed by atoms with Gasteiger partial charge in [-0.15, -0.1) is 0 Å². The maximum absolute atomic E-state index is 13.5. The zero-order valence-electron chi connectivity index (χ0n) is 12.1. The standard InChI is InChI=1S/C14H20FN3O3/c1-8(2)7-18-13(19)3-4-17-12-6-10(15)9(14(20)21)5-11(12)16/h5-6,8,17H,3-4,7,16H2,1-2H3,(H,18,19)(H,20,21). The molecule has 0 fully saturated rings. The lowest BCUT2D eigenvalue weighted by atomic mass is 10.1. The summed E-state index contributed by atoms with van der Waals surface area (Å²) >= 11 is 0. The van der Waals surface area contributed by atoms with Crippen molar-refractivity contribution in [1.82, 2.24) is 5.32 Å². The third kappa shape index (κ3) is 5.29. The molecule has 0 aliphatic carbocycles. The van der Waals surface area contributed by atoms with Crippen LogP contribution < -0.4 is 16.4 Å². The molecule has 0 saturated heterocycles. The molecule has 0 bridgehead atoms. The Kier molecular flexibility index (Phi) is 5.95. The van der Waals surface area contributed by atoms with Crippen LogP contribution in [-0.4, -0.2) is 30.1 Å². The van der Waals surface area contributed by atoms with Gasteiger partial charge in [-0.25, -0.2) is 9.18 Å². The fourth-order valence-corrected chi connectivity index (χ4v) is 1.62. The number of carboxylic acid groups (broad SMARTS) is 1. The number of anilines is 2. The van der Waals surface area contributed by atoms with Gasteiger partial charge < -0.3 is 21.5 Å². The summed E-state index contributed by atoms with van der Waals surface area (Å²) in [5, 5.41) is 14.3. The number of hydrogen-bond donors (Lipinski definition) is 4. The van der Waals surface area contributed by atoms with Gasteiger partial charge in [0.2, 0.25) is 5.91 Å². The summed E-state index contributed by atoms with van der Waals surface area (Å²) in [5.74, 6) is -1.99. The van der Waals surface area contributed by atoms with Crippen LogP contribution in [0.25, 0.3) is 0 Å². The van der Waals surface area contributed by atoms with Crippen LogP contribution in [0.3, 0.4) is 0 Å². The van der Waals surface area contributed by atoms with E-state index in [2.05, 4.69) is 10.6 Å². The van der Waals surface area contributed by atoms with E-state index < -0.39 is 17.3 Å².